The molecule has 2 aromatic carbocycles. The molecule has 8 heteroatoms. The Morgan fingerprint density at radius 1 is 0.944 bits per heavy atom. The van der Waals surface area contributed by atoms with Crippen LogP contribution in [-0.2, 0) is 16.1 Å². The van der Waals surface area contributed by atoms with Gasteiger partial charge in [-0.2, -0.15) is 0 Å². The van der Waals surface area contributed by atoms with Crippen LogP contribution in [0.3, 0.4) is 0 Å². The molecule has 0 spiro atoms. The third-order valence-electron chi connectivity index (χ3n) is 7.12. The maximum absolute atomic E-state index is 13.2. The van der Waals surface area contributed by atoms with E-state index < -0.39 is 6.09 Å². The molecule has 192 valence electrons. The molecule has 1 saturated heterocycles. The number of nitrogens with zero attached hydrogens (tertiary/aromatic N) is 3. The van der Waals surface area contributed by atoms with E-state index in [-0.39, 0.29) is 31.0 Å². The maximum Gasteiger partial charge on any atom is 0.407 e. The second kappa shape index (κ2) is 12.4. The zero-order valence-electron chi connectivity index (χ0n) is 21.0. The number of para-hydroxylation sites is 1. The average molecular weight is 493 g/mol. The molecule has 1 aliphatic heterocycles. The molecule has 36 heavy (non-hydrogen) atoms. The molecule has 2 aromatic rings. The Bertz CT molecular complexity index is 1010. The number of carbonyl (C=O) groups is 3. The quantitative estimate of drug-likeness (QED) is 0.565. The molecule has 1 atom stereocenters. The van der Waals surface area contributed by atoms with Crippen molar-refractivity contribution in [2.75, 3.05) is 25.0 Å². The van der Waals surface area contributed by atoms with Gasteiger partial charge < -0.3 is 10.1 Å². The molecular formula is C28H36N4O4. The summed E-state index contributed by atoms with van der Waals surface area (Å²) < 4.78 is 5.44. The van der Waals surface area contributed by atoms with E-state index in [1.54, 1.807) is 22.0 Å². The topological polar surface area (TPSA) is 82.2 Å². The summed E-state index contributed by atoms with van der Waals surface area (Å²) in [5.74, 6) is 0.243. The standard InChI is InChI=1S/C28H36N4O4/c1-30(24-15-6-3-7-16-24)28(35)32-20-10-19-31(32)26(33)18-17-25(23-13-8-9-14-23)29-27(34)36-21-22-11-4-2-5-12-22/h2-7,11-12,15-16,23,25H,8-10,13-14,17-21H2,1H3,(H,29,34). The SMILES string of the molecule is CN(C(=O)N1CCCN1C(=O)CCC(NC(=O)OCc1ccccc1)C1CCCC1)c1ccccc1. The van der Waals surface area contributed by atoms with Crippen molar-refractivity contribution < 1.29 is 19.1 Å². The van der Waals surface area contributed by atoms with Gasteiger partial charge >= 0.3 is 12.1 Å². The fraction of sp³-hybridized carbons (Fsp3) is 0.464. The molecule has 2 aliphatic rings. The van der Waals surface area contributed by atoms with E-state index in [0.717, 1.165) is 43.4 Å². The predicted molar refractivity (Wildman–Crippen MR) is 138 cm³/mol. The van der Waals surface area contributed by atoms with Gasteiger partial charge in [-0.1, -0.05) is 61.4 Å². The summed E-state index contributed by atoms with van der Waals surface area (Å²) in [4.78, 5) is 40.4. The highest BCUT2D eigenvalue weighted by Crippen LogP contribution is 2.30. The lowest BCUT2D eigenvalue weighted by Gasteiger charge is -2.32. The van der Waals surface area contributed by atoms with Gasteiger partial charge in [0.05, 0.1) is 0 Å². The molecule has 1 saturated carbocycles. The number of urea groups is 1. The molecule has 8 nitrogen and oxygen atoms in total. The average Bonchev–Trinajstić information content (AvgIpc) is 3.63. The number of nitrogens with one attached hydrogen (secondary N) is 1. The zero-order chi connectivity index (χ0) is 25.3. The number of carbonyl (C=O) groups excluding carboxylic acids is 3. The minimum absolute atomic E-state index is 0.0928. The molecule has 1 heterocycles. The van der Waals surface area contributed by atoms with Gasteiger partial charge in [0.25, 0.3) is 0 Å². The monoisotopic (exact) mass is 492 g/mol. The first-order valence-electron chi connectivity index (χ1n) is 12.9. The van der Waals surface area contributed by atoms with Crippen LogP contribution < -0.4 is 10.2 Å². The summed E-state index contributed by atoms with van der Waals surface area (Å²) in [6.45, 7) is 1.24. The van der Waals surface area contributed by atoms with Crippen molar-refractivity contribution in [3.8, 4) is 0 Å². The lowest BCUT2D eigenvalue weighted by molar-refractivity contribution is -0.140. The van der Waals surface area contributed by atoms with Gasteiger partial charge in [-0.3, -0.25) is 14.7 Å². The Morgan fingerprint density at radius 3 is 2.28 bits per heavy atom. The van der Waals surface area contributed by atoms with Crippen molar-refractivity contribution in [3.63, 3.8) is 0 Å². The van der Waals surface area contributed by atoms with Crippen LogP contribution in [0, 0.1) is 5.92 Å². The number of hydrogen-bond donors (Lipinski definition) is 1. The number of rotatable bonds is 8. The van der Waals surface area contributed by atoms with Gasteiger partial charge in [0.1, 0.15) is 6.61 Å². The largest absolute Gasteiger partial charge is 0.445 e. The van der Waals surface area contributed by atoms with Gasteiger partial charge in [0.2, 0.25) is 5.91 Å². The van der Waals surface area contributed by atoms with Crippen molar-refractivity contribution in [3.05, 3.63) is 66.2 Å². The highest BCUT2D eigenvalue weighted by Gasteiger charge is 2.34. The third-order valence-corrected chi connectivity index (χ3v) is 7.12. The lowest BCUT2D eigenvalue weighted by Crippen LogP contribution is -2.50. The fourth-order valence-electron chi connectivity index (χ4n) is 5.11. The second-order valence-electron chi connectivity index (χ2n) is 9.57. The molecule has 4 amide bonds. The van der Waals surface area contributed by atoms with Crippen LogP contribution in [-0.4, -0.2) is 54.2 Å². The minimum atomic E-state index is -0.453. The molecular weight excluding hydrogens is 456 g/mol. The van der Waals surface area contributed by atoms with Crippen molar-refractivity contribution >= 4 is 23.7 Å². The Hall–Kier alpha value is -3.55. The van der Waals surface area contributed by atoms with Crippen LogP contribution in [0.1, 0.15) is 50.5 Å². The number of anilines is 1. The molecule has 1 unspecified atom stereocenters. The molecule has 1 N–H and O–H groups in total. The van der Waals surface area contributed by atoms with Crippen molar-refractivity contribution in [1.29, 1.82) is 0 Å². The number of amides is 4. The van der Waals surface area contributed by atoms with Crippen LogP contribution in [0.25, 0.3) is 0 Å². The van der Waals surface area contributed by atoms with E-state index in [9.17, 15) is 14.4 Å². The van der Waals surface area contributed by atoms with E-state index in [1.807, 2.05) is 60.7 Å². The summed E-state index contributed by atoms with van der Waals surface area (Å²) in [5, 5.41) is 6.14. The van der Waals surface area contributed by atoms with E-state index in [2.05, 4.69) is 5.32 Å². The normalized spacial score (nSPS) is 16.6. The van der Waals surface area contributed by atoms with Crippen LogP contribution in [0.5, 0.6) is 0 Å². The van der Waals surface area contributed by atoms with Gasteiger partial charge in [0.15, 0.2) is 0 Å². The summed E-state index contributed by atoms with van der Waals surface area (Å²) in [6, 6.07) is 18.6. The van der Waals surface area contributed by atoms with Crippen LogP contribution >= 0.6 is 0 Å². The van der Waals surface area contributed by atoms with Crippen LogP contribution in [0.4, 0.5) is 15.3 Å². The molecule has 0 aromatic heterocycles. The van der Waals surface area contributed by atoms with Crippen molar-refractivity contribution in [2.24, 2.45) is 5.92 Å². The number of ether oxygens (including phenoxy) is 1. The summed E-state index contributed by atoms with van der Waals surface area (Å²) >= 11 is 0. The van der Waals surface area contributed by atoms with Gasteiger partial charge in [-0.25, -0.2) is 14.6 Å². The molecule has 0 radical (unpaired) electrons. The number of hydrazine groups is 1. The summed E-state index contributed by atoms with van der Waals surface area (Å²) in [6.07, 6.45) is 5.42. The summed E-state index contributed by atoms with van der Waals surface area (Å²) in [5.41, 5.74) is 1.71. The van der Waals surface area contributed by atoms with Gasteiger partial charge in [-0.05, 0) is 49.3 Å². The molecule has 0 bridgehead atoms. The van der Waals surface area contributed by atoms with E-state index in [0.29, 0.717) is 25.4 Å². The number of hydrogen-bond acceptors (Lipinski definition) is 4. The Morgan fingerprint density at radius 2 is 1.58 bits per heavy atom. The summed E-state index contributed by atoms with van der Waals surface area (Å²) in [7, 11) is 1.72. The lowest BCUT2D eigenvalue weighted by atomic mass is 9.94. The Balaban J connectivity index is 1.32. The zero-order valence-corrected chi connectivity index (χ0v) is 21.0. The Labute approximate surface area is 213 Å². The van der Waals surface area contributed by atoms with Crippen molar-refractivity contribution in [1.82, 2.24) is 15.3 Å². The maximum atomic E-state index is 13.2. The van der Waals surface area contributed by atoms with E-state index in [1.165, 1.54) is 0 Å². The molecule has 1 aliphatic carbocycles. The first-order valence-corrected chi connectivity index (χ1v) is 12.9. The first kappa shape index (κ1) is 25.5. The number of benzene rings is 2. The smallest absolute Gasteiger partial charge is 0.407 e. The predicted octanol–water partition coefficient (Wildman–Crippen LogP) is 4.96. The van der Waals surface area contributed by atoms with E-state index >= 15 is 0 Å². The minimum Gasteiger partial charge on any atom is -0.445 e. The highest BCUT2D eigenvalue weighted by molar-refractivity contribution is 5.93. The van der Waals surface area contributed by atoms with Crippen LogP contribution in [0.2, 0.25) is 0 Å². The molecule has 4 rings (SSSR count). The highest BCUT2D eigenvalue weighted by atomic mass is 16.5. The van der Waals surface area contributed by atoms with E-state index in [4.69, 9.17) is 4.74 Å². The molecule has 2 fully saturated rings. The van der Waals surface area contributed by atoms with Gasteiger partial charge in [-0.15, -0.1) is 0 Å². The first-order chi connectivity index (χ1) is 17.5. The third kappa shape index (κ3) is 6.56. The fourth-order valence-corrected chi connectivity index (χ4v) is 5.11. The van der Waals surface area contributed by atoms with Gasteiger partial charge in [0, 0.05) is 38.3 Å². The van der Waals surface area contributed by atoms with Crippen LogP contribution in [0.15, 0.2) is 60.7 Å². The Kier molecular flexibility index (Phi) is 8.81. The second-order valence-corrected chi connectivity index (χ2v) is 9.57. The number of alkyl carbamates (subject to hydrolysis) is 1. The van der Waals surface area contributed by atoms with Crippen molar-refractivity contribution in [2.45, 2.75) is 57.6 Å².